The zero-order chi connectivity index (χ0) is 10.8. The predicted molar refractivity (Wildman–Crippen MR) is 46.9 cm³/mol. The molecule has 0 spiro atoms. The summed E-state index contributed by atoms with van der Waals surface area (Å²) in [5.74, 6) is -0.730. The summed E-state index contributed by atoms with van der Waals surface area (Å²) in [6.45, 7) is -3.20. The van der Waals surface area contributed by atoms with Crippen LogP contribution in [0.2, 0.25) is 5.31 Å². The van der Waals surface area contributed by atoms with E-state index in [4.69, 9.17) is 0 Å². The molecule has 0 unspecified atom stereocenters. The first-order valence-corrected chi connectivity index (χ1v) is 4.76. The molecule has 1 rings (SSSR count). The quantitative estimate of drug-likeness (QED) is 0.505. The summed E-state index contributed by atoms with van der Waals surface area (Å²) in [5.41, 5.74) is 0. The first-order chi connectivity index (χ1) is 6.41. The van der Waals surface area contributed by atoms with Crippen LogP contribution in [0.4, 0.5) is 12.9 Å². The van der Waals surface area contributed by atoms with Crippen LogP contribution >= 0.6 is 0 Å². The van der Waals surface area contributed by atoms with Gasteiger partial charge >= 0.3 is 64.3 Å². The monoisotopic (exact) mass is 248 g/mol. The van der Waals surface area contributed by atoms with Crippen molar-refractivity contribution < 1.29 is 73.9 Å². The van der Waals surface area contributed by atoms with Crippen LogP contribution in [0.1, 0.15) is 32.6 Å². The fourth-order valence-corrected chi connectivity index (χ4v) is 1.75. The number of esters is 1. The molecule has 0 N–H and O–H groups in total. The first-order valence-electron chi connectivity index (χ1n) is 4.76. The Kier molecular flexibility index (Phi) is 6.43. The summed E-state index contributed by atoms with van der Waals surface area (Å²) >= 11 is 0. The van der Waals surface area contributed by atoms with Gasteiger partial charge in [0, 0.05) is 6.42 Å². The van der Waals surface area contributed by atoms with Crippen molar-refractivity contribution in [3.8, 4) is 0 Å². The second-order valence-corrected chi connectivity index (χ2v) is 3.77. The van der Waals surface area contributed by atoms with Gasteiger partial charge in [0.05, 0.1) is 6.61 Å². The predicted octanol–water partition coefficient (Wildman–Crippen LogP) is -0.285. The van der Waals surface area contributed by atoms with E-state index < -0.39 is 24.7 Å². The summed E-state index contributed by atoms with van der Waals surface area (Å²) < 4.78 is 42.4. The Hall–Kier alpha value is 0.961. The van der Waals surface area contributed by atoms with Gasteiger partial charge in [-0.25, -0.2) is 0 Å². The molecule has 2 nitrogen and oxygen atoms in total. The Morgan fingerprint density at radius 1 is 1.40 bits per heavy atom. The Morgan fingerprint density at radius 3 is 2.20 bits per heavy atom. The molecule has 1 fully saturated rings. The third kappa shape index (κ3) is 3.73. The molecule has 0 aliphatic heterocycles. The SMILES string of the molecule is CCOC(=O)CC1([B-](F)(F)F)CCC1.[K+]. The van der Waals surface area contributed by atoms with Crippen molar-refractivity contribution in [2.45, 2.75) is 37.9 Å². The van der Waals surface area contributed by atoms with E-state index in [1.165, 1.54) is 0 Å². The van der Waals surface area contributed by atoms with Crippen molar-refractivity contribution in [1.29, 1.82) is 0 Å². The van der Waals surface area contributed by atoms with Crippen molar-refractivity contribution in [2.75, 3.05) is 6.61 Å². The molecule has 0 heterocycles. The van der Waals surface area contributed by atoms with E-state index in [2.05, 4.69) is 4.74 Å². The molecule has 82 valence electrons. The van der Waals surface area contributed by atoms with Crippen molar-refractivity contribution >= 4 is 12.9 Å². The van der Waals surface area contributed by atoms with Gasteiger partial charge in [-0.05, 0) is 6.92 Å². The second-order valence-electron chi connectivity index (χ2n) is 3.77. The third-order valence-corrected chi connectivity index (χ3v) is 2.85. The zero-order valence-electron chi connectivity index (χ0n) is 9.06. The maximum Gasteiger partial charge on any atom is 1.00 e. The van der Waals surface area contributed by atoms with Crippen LogP contribution in [0.25, 0.3) is 0 Å². The van der Waals surface area contributed by atoms with Gasteiger partial charge in [-0.2, -0.15) is 0 Å². The van der Waals surface area contributed by atoms with Crippen LogP contribution < -0.4 is 51.4 Å². The van der Waals surface area contributed by atoms with Gasteiger partial charge in [0.25, 0.3) is 0 Å². The summed E-state index contributed by atoms with van der Waals surface area (Å²) in [7, 11) is 0. The van der Waals surface area contributed by atoms with Gasteiger partial charge in [0.2, 0.25) is 0 Å². The molecule has 0 saturated heterocycles. The minimum Gasteiger partial charge on any atom is -0.466 e. The van der Waals surface area contributed by atoms with Gasteiger partial charge in [-0.15, -0.1) is 0 Å². The Labute approximate surface area is 130 Å². The smallest absolute Gasteiger partial charge is 0.466 e. The van der Waals surface area contributed by atoms with Gasteiger partial charge in [0.15, 0.2) is 0 Å². The Balaban J connectivity index is 0.00000196. The molecule has 0 radical (unpaired) electrons. The van der Waals surface area contributed by atoms with E-state index in [-0.39, 0.29) is 70.8 Å². The second kappa shape index (κ2) is 6.05. The molecular weight excluding hydrogens is 235 g/mol. The minimum absolute atomic E-state index is 0. The molecular formula is C8H13BF3KO2. The minimum atomic E-state index is -4.93. The van der Waals surface area contributed by atoms with Crippen molar-refractivity contribution in [3.63, 3.8) is 0 Å². The average molecular weight is 248 g/mol. The third-order valence-electron chi connectivity index (χ3n) is 2.85. The first kappa shape index (κ1) is 16.0. The van der Waals surface area contributed by atoms with Gasteiger partial charge < -0.3 is 17.7 Å². The largest absolute Gasteiger partial charge is 1.00 e. The number of hydrogen-bond donors (Lipinski definition) is 0. The van der Waals surface area contributed by atoms with E-state index >= 15 is 0 Å². The van der Waals surface area contributed by atoms with Crippen LogP contribution in [0, 0.1) is 0 Å². The van der Waals surface area contributed by atoms with Crippen LogP contribution in [0.3, 0.4) is 0 Å². The Morgan fingerprint density at radius 2 is 1.93 bits per heavy atom. The molecule has 15 heavy (non-hydrogen) atoms. The summed E-state index contributed by atoms with van der Waals surface area (Å²) in [6, 6.07) is 0. The maximum atomic E-state index is 12.6. The molecule has 7 heteroatoms. The zero-order valence-corrected chi connectivity index (χ0v) is 12.2. The summed E-state index contributed by atoms with van der Waals surface area (Å²) in [5, 5.41) is -1.73. The number of rotatable bonds is 4. The molecule has 0 aromatic carbocycles. The Bertz CT molecular complexity index is 228. The fraction of sp³-hybridized carbons (Fsp3) is 0.875. The maximum absolute atomic E-state index is 12.6. The van der Waals surface area contributed by atoms with Crippen LogP contribution in [-0.4, -0.2) is 19.6 Å². The average Bonchev–Trinajstić information content (AvgIpc) is 1.94. The van der Waals surface area contributed by atoms with Crippen LogP contribution in [-0.2, 0) is 9.53 Å². The number of ether oxygens (including phenoxy) is 1. The van der Waals surface area contributed by atoms with Gasteiger partial charge in [-0.3, -0.25) is 4.79 Å². The van der Waals surface area contributed by atoms with E-state index in [1.54, 1.807) is 6.92 Å². The van der Waals surface area contributed by atoms with E-state index in [1.807, 2.05) is 0 Å². The molecule has 1 aliphatic carbocycles. The normalized spacial score (nSPS) is 18.7. The molecule has 1 saturated carbocycles. The fourth-order valence-electron chi connectivity index (χ4n) is 1.75. The topological polar surface area (TPSA) is 26.3 Å². The standard InChI is InChI=1S/C8H13BF3O2.K/c1-2-14-7(13)6-8(4-3-5-8)9(10,11)12;/h2-6H2,1H3;/q-1;+1. The number of halogens is 3. The van der Waals surface area contributed by atoms with Crippen molar-refractivity contribution in [1.82, 2.24) is 0 Å². The molecule has 0 atom stereocenters. The van der Waals surface area contributed by atoms with E-state index in [0.29, 0.717) is 6.42 Å². The number of carbonyl (C=O) groups excluding carboxylic acids is 1. The molecule has 0 bridgehead atoms. The molecule has 0 aromatic rings. The van der Waals surface area contributed by atoms with Gasteiger partial charge in [-0.1, -0.05) is 24.6 Å². The molecule has 0 aromatic heterocycles. The van der Waals surface area contributed by atoms with E-state index in [0.717, 1.165) is 0 Å². The summed E-state index contributed by atoms with van der Waals surface area (Å²) in [4.78, 5) is 11.0. The molecule has 1 aliphatic rings. The van der Waals surface area contributed by atoms with Crippen LogP contribution in [0.15, 0.2) is 0 Å². The number of carbonyl (C=O) groups is 1. The molecule has 0 amide bonds. The number of hydrogen-bond acceptors (Lipinski definition) is 2. The van der Waals surface area contributed by atoms with E-state index in [9.17, 15) is 17.7 Å². The van der Waals surface area contributed by atoms with Crippen LogP contribution in [0.5, 0.6) is 0 Å². The summed E-state index contributed by atoms with van der Waals surface area (Å²) in [6.07, 6.45) is 0.218. The van der Waals surface area contributed by atoms with Crippen molar-refractivity contribution in [2.24, 2.45) is 0 Å². The van der Waals surface area contributed by atoms with Gasteiger partial charge in [0.1, 0.15) is 0 Å². The van der Waals surface area contributed by atoms with Crippen molar-refractivity contribution in [3.05, 3.63) is 0 Å².